The van der Waals surface area contributed by atoms with E-state index in [1.165, 1.54) is 36.4 Å². The lowest BCUT2D eigenvalue weighted by Gasteiger charge is -2.13. The second-order valence-corrected chi connectivity index (χ2v) is 8.28. The van der Waals surface area contributed by atoms with Crippen molar-refractivity contribution < 1.29 is 13.2 Å². The van der Waals surface area contributed by atoms with Gasteiger partial charge in [-0.2, -0.15) is 0 Å². The lowest BCUT2D eigenvalue weighted by Crippen LogP contribution is -2.04. The van der Waals surface area contributed by atoms with Crippen molar-refractivity contribution in [3.63, 3.8) is 0 Å². The number of hydrogen-bond acceptors (Lipinski definition) is 3. The summed E-state index contributed by atoms with van der Waals surface area (Å²) in [7, 11) is -3.78. The summed E-state index contributed by atoms with van der Waals surface area (Å²) in [6.07, 6.45) is 0. The van der Waals surface area contributed by atoms with Crippen molar-refractivity contribution in [3.8, 4) is 11.5 Å². The molecule has 0 bridgehead atoms. The van der Waals surface area contributed by atoms with Crippen LogP contribution >= 0.6 is 34.8 Å². The average Bonchev–Trinajstić information content (AvgIpc) is 2.58. The second-order valence-electron chi connectivity index (χ2n) is 5.08. The Morgan fingerprint density at radius 3 is 2.04 bits per heavy atom. The highest BCUT2D eigenvalue weighted by molar-refractivity contribution is 7.91. The summed E-state index contributed by atoms with van der Waals surface area (Å²) in [5.74, 6) is 0.478. The zero-order chi connectivity index (χ0) is 18.0. The van der Waals surface area contributed by atoms with Crippen molar-refractivity contribution in [2.75, 3.05) is 0 Å². The molecule has 0 amide bonds. The van der Waals surface area contributed by atoms with Crippen LogP contribution in [0.25, 0.3) is 0 Å². The highest BCUT2D eigenvalue weighted by Crippen LogP contribution is 2.36. The van der Waals surface area contributed by atoms with Crippen LogP contribution in [-0.4, -0.2) is 8.42 Å². The first kappa shape index (κ1) is 18.1. The predicted molar refractivity (Wildman–Crippen MR) is 99.9 cm³/mol. The van der Waals surface area contributed by atoms with Crippen LogP contribution in [0.4, 0.5) is 0 Å². The van der Waals surface area contributed by atoms with E-state index >= 15 is 0 Å². The molecule has 0 heterocycles. The molecule has 3 rings (SSSR count). The Kier molecular flexibility index (Phi) is 5.25. The van der Waals surface area contributed by atoms with Gasteiger partial charge in [-0.05, 0) is 54.6 Å². The summed E-state index contributed by atoms with van der Waals surface area (Å²) in [6.45, 7) is 0. The van der Waals surface area contributed by atoms with E-state index in [4.69, 9.17) is 39.5 Å². The van der Waals surface area contributed by atoms with E-state index in [9.17, 15) is 8.42 Å². The molecule has 0 aromatic heterocycles. The first-order valence-corrected chi connectivity index (χ1v) is 9.72. The van der Waals surface area contributed by atoms with Gasteiger partial charge in [0.15, 0.2) is 0 Å². The minimum atomic E-state index is -3.78. The van der Waals surface area contributed by atoms with Gasteiger partial charge in [0.1, 0.15) is 16.4 Å². The Balaban J connectivity index is 2.05. The van der Waals surface area contributed by atoms with Crippen molar-refractivity contribution in [1.29, 1.82) is 0 Å². The Hall–Kier alpha value is -1.72. The Bertz CT molecular complexity index is 1020. The zero-order valence-electron chi connectivity index (χ0n) is 12.6. The molecule has 3 aromatic rings. The van der Waals surface area contributed by atoms with Gasteiger partial charge in [-0.15, -0.1) is 0 Å². The molecule has 0 aliphatic rings. The summed E-state index contributed by atoms with van der Waals surface area (Å²) < 4.78 is 31.6. The summed E-state index contributed by atoms with van der Waals surface area (Å²) in [6, 6.07) is 17.0. The highest BCUT2D eigenvalue weighted by atomic mass is 35.5. The molecule has 25 heavy (non-hydrogen) atoms. The van der Waals surface area contributed by atoms with E-state index in [0.717, 1.165) is 0 Å². The van der Waals surface area contributed by atoms with E-state index in [1.807, 2.05) is 0 Å². The van der Waals surface area contributed by atoms with Crippen molar-refractivity contribution in [2.24, 2.45) is 0 Å². The van der Waals surface area contributed by atoms with E-state index < -0.39 is 9.84 Å². The highest BCUT2D eigenvalue weighted by Gasteiger charge is 2.22. The quantitative estimate of drug-likeness (QED) is 0.506. The van der Waals surface area contributed by atoms with Gasteiger partial charge >= 0.3 is 0 Å². The molecule has 0 saturated heterocycles. The minimum Gasteiger partial charge on any atom is -0.454 e. The van der Waals surface area contributed by atoms with Gasteiger partial charge in [-0.25, -0.2) is 8.42 Å². The lowest BCUT2D eigenvalue weighted by atomic mass is 10.3. The Morgan fingerprint density at radius 2 is 1.36 bits per heavy atom. The minimum absolute atomic E-state index is 0.0309. The summed E-state index contributed by atoms with van der Waals surface area (Å²) in [4.78, 5) is 0.151. The SMILES string of the molecule is O=S(=O)(c1ccc(Cl)cc1)c1ccccc1Oc1ccc(Cl)cc1Cl. The number of ether oxygens (including phenoxy) is 1. The molecule has 128 valence electrons. The maximum Gasteiger partial charge on any atom is 0.210 e. The van der Waals surface area contributed by atoms with Gasteiger partial charge in [0.2, 0.25) is 9.84 Å². The van der Waals surface area contributed by atoms with Crippen molar-refractivity contribution in [2.45, 2.75) is 9.79 Å². The summed E-state index contributed by atoms with van der Waals surface area (Å²) in [5.41, 5.74) is 0. The van der Waals surface area contributed by atoms with Crippen molar-refractivity contribution >= 4 is 44.6 Å². The average molecular weight is 414 g/mol. The van der Waals surface area contributed by atoms with E-state index in [2.05, 4.69) is 0 Å². The third-order valence-electron chi connectivity index (χ3n) is 3.38. The van der Waals surface area contributed by atoms with Crippen LogP contribution in [-0.2, 0) is 9.84 Å². The first-order valence-electron chi connectivity index (χ1n) is 7.10. The topological polar surface area (TPSA) is 43.4 Å². The van der Waals surface area contributed by atoms with Gasteiger partial charge in [0.05, 0.1) is 9.92 Å². The molecule has 0 atom stereocenters. The Labute approximate surface area is 160 Å². The molecule has 0 aliphatic heterocycles. The van der Waals surface area contributed by atoms with Crippen LogP contribution < -0.4 is 4.74 Å². The number of para-hydroxylation sites is 1. The van der Waals surface area contributed by atoms with Gasteiger partial charge in [-0.3, -0.25) is 0 Å². The van der Waals surface area contributed by atoms with E-state index in [-0.39, 0.29) is 20.6 Å². The van der Waals surface area contributed by atoms with Crippen LogP contribution in [0.2, 0.25) is 15.1 Å². The Morgan fingerprint density at radius 1 is 0.720 bits per heavy atom. The molecule has 0 spiro atoms. The summed E-state index contributed by atoms with van der Waals surface area (Å²) in [5, 5.41) is 1.20. The number of rotatable bonds is 4. The largest absolute Gasteiger partial charge is 0.454 e. The van der Waals surface area contributed by atoms with Crippen LogP contribution in [0.1, 0.15) is 0 Å². The van der Waals surface area contributed by atoms with Gasteiger partial charge in [0.25, 0.3) is 0 Å². The first-order chi connectivity index (χ1) is 11.9. The van der Waals surface area contributed by atoms with E-state index in [1.54, 1.807) is 30.3 Å². The zero-order valence-corrected chi connectivity index (χ0v) is 15.7. The molecule has 0 radical (unpaired) electrons. The molecular weight excluding hydrogens is 403 g/mol. The van der Waals surface area contributed by atoms with Crippen molar-refractivity contribution in [1.82, 2.24) is 0 Å². The molecule has 0 unspecified atom stereocenters. The molecule has 0 fully saturated rings. The van der Waals surface area contributed by atoms with Crippen LogP contribution in [0.15, 0.2) is 76.5 Å². The third kappa shape index (κ3) is 3.93. The van der Waals surface area contributed by atoms with Gasteiger partial charge in [-0.1, -0.05) is 46.9 Å². The van der Waals surface area contributed by atoms with Crippen LogP contribution in [0.5, 0.6) is 11.5 Å². The fourth-order valence-corrected chi connectivity index (χ4v) is 4.13. The van der Waals surface area contributed by atoms with E-state index in [0.29, 0.717) is 15.8 Å². The fourth-order valence-electron chi connectivity index (χ4n) is 2.17. The van der Waals surface area contributed by atoms with Crippen LogP contribution in [0, 0.1) is 0 Å². The molecule has 3 nitrogen and oxygen atoms in total. The summed E-state index contributed by atoms with van der Waals surface area (Å²) >= 11 is 17.8. The molecule has 0 saturated carbocycles. The molecule has 7 heteroatoms. The number of benzene rings is 3. The lowest BCUT2D eigenvalue weighted by molar-refractivity contribution is 0.467. The molecule has 3 aromatic carbocycles. The smallest absolute Gasteiger partial charge is 0.210 e. The fraction of sp³-hybridized carbons (Fsp3) is 0. The molecule has 0 aliphatic carbocycles. The predicted octanol–water partition coefficient (Wildman–Crippen LogP) is 6.27. The monoisotopic (exact) mass is 412 g/mol. The second kappa shape index (κ2) is 7.26. The maximum absolute atomic E-state index is 12.9. The molecule has 0 N–H and O–H groups in total. The standard InChI is InChI=1S/C18H11Cl3O3S/c19-12-5-8-14(9-6-12)25(22,23)18-4-2-1-3-17(18)24-16-10-7-13(20)11-15(16)21/h1-11H. The van der Waals surface area contributed by atoms with Crippen LogP contribution in [0.3, 0.4) is 0 Å². The van der Waals surface area contributed by atoms with Gasteiger partial charge < -0.3 is 4.74 Å². The number of sulfone groups is 1. The normalized spacial score (nSPS) is 11.3. The van der Waals surface area contributed by atoms with Crippen molar-refractivity contribution in [3.05, 3.63) is 81.8 Å². The number of halogens is 3. The molecular formula is C18H11Cl3O3S. The maximum atomic E-state index is 12.9. The number of hydrogen-bond donors (Lipinski definition) is 0. The third-order valence-corrected chi connectivity index (χ3v) is 5.97. The van der Waals surface area contributed by atoms with Gasteiger partial charge in [0, 0.05) is 10.0 Å².